The monoisotopic (exact) mass is 359 g/mol. The smallest absolute Gasteiger partial charge is 0.138 e. The van der Waals surface area contributed by atoms with Gasteiger partial charge >= 0.3 is 0 Å². The molecule has 1 nitrogen and oxygen atoms in total. The van der Waals surface area contributed by atoms with Crippen LogP contribution in [0.2, 0.25) is 0 Å². The lowest BCUT2D eigenvalue weighted by molar-refractivity contribution is 0.962. The molecule has 0 saturated carbocycles. The predicted molar refractivity (Wildman–Crippen MR) is 117 cm³/mol. The number of benzene rings is 1. The molecule has 0 heterocycles. The van der Waals surface area contributed by atoms with Gasteiger partial charge < -0.3 is 0 Å². The third kappa shape index (κ3) is 8.43. The van der Waals surface area contributed by atoms with Crippen LogP contribution in [-0.2, 0) is 0 Å². The van der Waals surface area contributed by atoms with Crippen LogP contribution < -0.4 is 0 Å². The molecule has 1 aromatic carbocycles. The topological polar surface area (TPSA) is 23.8 Å². The van der Waals surface area contributed by atoms with Crippen molar-refractivity contribution in [1.82, 2.24) is 0 Å². The fourth-order valence-electron chi connectivity index (χ4n) is 2.13. The van der Waals surface area contributed by atoms with E-state index >= 15 is 0 Å². The highest BCUT2D eigenvalue weighted by Crippen LogP contribution is 2.16. The van der Waals surface area contributed by atoms with Gasteiger partial charge in [0, 0.05) is 10.5 Å². The molecular formula is C24H25NS. The zero-order chi connectivity index (χ0) is 19.4. The van der Waals surface area contributed by atoms with Gasteiger partial charge in [0.15, 0.2) is 0 Å². The molecule has 0 aliphatic heterocycles. The summed E-state index contributed by atoms with van der Waals surface area (Å²) in [7, 11) is 0. The van der Waals surface area contributed by atoms with E-state index in [0.717, 1.165) is 23.8 Å². The van der Waals surface area contributed by atoms with Gasteiger partial charge in [-0.05, 0) is 72.5 Å². The minimum absolute atomic E-state index is 0.673. The van der Waals surface area contributed by atoms with Gasteiger partial charge in [0.25, 0.3) is 0 Å². The van der Waals surface area contributed by atoms with E-state index < -0.39 is 0 Å². The second kappa shape index (κ2) is 11.8. The average molecular weight is 360 g/mol. The molecule has 0 aliphatic carbocycles. The zero-order valence-corrected chi connectivity index (χ0v) is 16.6. The molecule has 0 aromatic heterocycles. The largest absolute Gasteiger partial charge is 0.185 e. The van der Waals surface area contributed by atoms with Gasteiger partial charge in [-0.25, -0.2) is 0 Å². The number of thioether (sulfide) groups is 1. The number of hydrogen-bond acceptors (Lipinski definition) is 2. The van der Waals surface area contributed by atoms with Crippen LogP contribution in [0.3, 0.4) is 0 Å². The van der Waals surface area contributed by atoms with Crippen LogP contribution in [0.25, 0.3) is 12.2 Å². The number of unbranched alkanes of at least 4 members (excludes halogenated alkanes) is 1. The summed E-state index contributed by atoms with van der Waals surface area (Å²) in [5.74, 6) is 6.14. The van der Waals surface area contributed by atoms with Crippen molar-refractivity contribution < 1.29 is 0 Å². The molecule has 0 fully saturated rings. The maximum Gasteiger partial charge on any atom is 0.138 e. The third-order valence-corrected chi connectivity index (χ3v) is 3.99. The Bertz CT molecular complexity index is 848. The molecule has 26 heavy (non-hydrogen) atoms. The summed E-state index contributed by atoms with van der Waals surface area (Å²) in [6.07, 6.45) is 12.3. The van der Waals surface area contributed by atoms with Crippen LogP contribution >= 0.6 is 11.8 Å². The van der Waals surface area contributed by atoms with Gasteiger partial charge in [0.05, 0.1) is 0 Å². The van der Waals surface area contributed by atoms with Crippen molar-refractivity contribution in [3.63, 3.8) is 0 Å². The number of aryl methyl sites for hydroxylation is 1. The van der Waals surface area contributed by atoms with Crippen molar-refractivity contribution in [2.45, 2.75) is 33.6 Å². The lowest BCUT2D eigenvalue weighted by Gasteiger charge is -2.03. The summed E-state index contributed by atoms with van der Waals surface area (Å²) < 4.78 is 0. The molecule has 0 N–H and O–H groups in total. The lowest BCUT2D eigenvalue weighted by atomic mass is 10.0. The van der Waals surface area contributed by atoms with E-state index in [4.69, 9.17) is 5.26 Å². The molecule has 0 atom stereocenters. The molecule has 0 aliphatic rings. The quantitative estimate of drug-likeness (QED) is 0.296. The number of hydrogen-bond donors (Lipinski definition) is 0. The summed E-state index contributed by atoms with van der Waals surface area (Å²) >= 11 is 1.03. The van der Waals surface area contributed by atoms with Crippen LogP contribution in [0.4, 0.5) is 0 Å². The second-order valence-electron chi connectivity index (χ2n) is 5.90. The minimum Gasteiger partial charge on any atom is -0.185 e. The summed E-state index contributed by atoms with van der Waals surface area (Å²) in [5, 5.41) is 10.5. The van der Waals surface area contributed by atoms with E-state index in [1.54, 1.807) is 12.2 Å². The fourth-order valence-corrected chi connectivity index (χ4v) is 2.38. The fraction of sp³-hybridized carbons (Fsp3) is 0.208. The molecule has 0 amide bonds. The van der Waals surface area contributed by atoms with Crippen LogP contribution in [-0.4, -0.2) is 0 Å². The summed E-state index contributed by atoms with van der Waals surface area (Å²) in [6, 6.07) is 6.45. The van der Waals surface area contributed by atoms with E-state index in [1.165, 1.54) is 23.1 Å². The maximum atomic E-state index is 8.57. The Morgan fingerprint density at radius 3 is 2.65 bits per heavy atom. The number of nitriles is 1. The first-order valence-corrected chi connectivity index (χ1v) is 9.37. The highest BCUT2D eigenvalue weighted by atomic mass is 32.2. The van der Waals surface area contributed by atoms with Crippen molar-refractivity contribution in [2.75, 3.05) is 0 Å². The number of nitrogens with zero attached hydrogens (tertiary/aromatic N) is 1. The van der Waals surface area contributed by atoms with Crippen LogP contribution in [0.5, 0.6) is 0 Å². The Morgan fingerprint density at radius 2 is 2.00 bits per heavy atom. The lowest BCUT2D eigenvalue weighted by Crippen LogP contribution is -1.84. The van der Waals surface area contributed by atoms with Crippen molar-refractivity contribution in [2.24, 2.45) is 0 Å². The van der Waals surface area contributed by atoms with Gasteiger partial charge in [0.2, 0.25) is 0 Å². The molecule has 0 radical (unpaired) electrons. The molecule has 0 bridgehead atoms. The molecule has 1 rings (SSSR count). The Labute approximate surface area is 162 Å². The molecular weight excluding hydrogens is 334 g/mol. The first-order valence-electron chi connectivity index (χ1n) is 8.55. The third-order valence-electron chi connectivity index (χ3n) is 3.50. The van der Waals surface area contributed by atoms with Gasteiger partial charge in [-0.2, -0.15) is 5.26 Å². The Kier molecular flexibility index (Phi) is 9.70. The zero-order valence-electron chi connectivity index (χ0n) is 15.8. The van der Waals surface area contributed by atoms with Crippen molar-refractivity contribution in [3.05, 3.63) is 82.3 Å². The highest BCUT2D eigenvalue weighted by Gasteiger charge is 1.97. The van der Waals surface area contributed by atoms with Crippen LogP contribution in [0, 0.1) is 29.4 Å². The maximum absolute atomic E-state index is 8.57. The molecule has 0 unspecified atom stereocenters. The van der Waals surface area contributed by atoms with Gasteiger partial charge in [-0.1, -0.05) is 68.7 Å². The van der Waals surface area contributed by atoms with Crippen LogP contribution in [0.1, 0.15) is 43.4 Å². The van der Waals surface area contributed by atoms with Gasteiger partial charge in [-0.15, -0.1) is 0 Å². The Morgan fingerprint density at radius 1 is 1.23 bits per heavy atom. The van der Waals surface area contributed by atoms with Crippen molar-refractivity contribution in [1.29, 1.82) is 5.26 Å². The second-order valence-corrected chi connectivity index (χ2v) is 6.81. The van der Waals surface area contributed by atoms with E-state index in [9.17, 15) is 0 Å². The van der Waals surface area contributed by atoms with E-state index in [0.29, 0.717) is 10.5 Å². The first-order chi connectivity index (χ1) is 12.5. The summed E-state index contributed by atoms with van der Waals surface area (Å²) in [5.41, 5.74) is 5.29. The number of thiocyanates is 1. The average Bonchev–Trinajstić information content (AvgIpc) is 2.61. The number of allylic oxidation sites excluding steroid dienone is 5. The van der Waals surface area contributed by atoms with Gasteiger partial charge in [0.1, 0.15) is 5.40 Å². The molecule has 2 heteroatoms. The minimum atomic E-state index is 0.673. The molecule has 0 saturated heterocycles. The molecule has 0 spiro atoms. The van der Waals surface area contributed by atoms with Gasteiger partial charge in [-0.3, -0.25) is 0 Å². The van der Waals surface area contributed by atoms with E-state index in [-0.39, 0.29) is 0 Å². The van der Waals surface area contributed by atoms with Crippen molar-refractivity contribution >= 4 is 23.9 Å². The molecule has 132 valence electrons. The first kappa shape index (κ1) is 21.4. The summed E-state index contributed by atoms with van der Waals surface area (Å²) in [6.45, 7) is 13.9. The number of rotatable bonds is 7. The Balaban J connectivity index is 2.81. The van der Waals surface area contributed by atoms with Crippen molar-refractivity contribution in [3.8, 4) is 17.2 Å². The molecule has 1 aromatic rings. The van der Waals surface area contributed by atoms with Crippen LogP contribution in [0.15, 0.2) is 65.6 Å². The highest BCUT2D eigenvalue weighted by molar-refractivity contribution is 8.07. The standard InChI is InChI=1S/C24H25NS/c1-6-7-8-9-23-14-15-24(21(4)17-23)16-20(3)11-10-19(2)12-13-22(5)26-18-25/h8-9,12-17H,2,5-7H2,1,3-4H3/b9-8+,13-12-,20-16+. The predicted octanol–water partition coefficient (Wildman–Crippen LogP) is 7.06. The van der Waals surface area contributed by atoms with E-state index in [2.05, 4.69) is 75.3 Å². The van der Waals surface area contributed by atoms with E-state index in [1.807, 2.05) is 12.3 Å². The SMILES string of the molecule is C=C(C#C/C(C)=C/c1ccc(/C=C/CCC)cc1C)/C=C\C(=C)SC#N. The summed E-state index contributed by atoms with van der Waals surface area (Å²) in [4.78, 5) is 0.673. The Hall–Kier alpha value is -2.68. The normalized spacial score (nSPS) is 11.2.